The molecule has 0 saturated heterocycles. The molecule has 3 aromatic rings. The Morgan fingerprint density at radius 1 is 1.17 bits per heavy atom. The Kier molecular flexibility index (Phi) is 4.47. The quantitative estimate of drug-likeness (QED) is 0.314. The first kappa shape index (κ1) is 16.0. The fraction of sp³-hybridized carbons (Fsp3) is 0.200. The van der Waals surface area contributed by atoms with Gasteiger partial charge in [0.25, 0.3) is 0 Å². The van der Waals surface area contributed by atoms with Gasteiger partial charge in [-0.15, -0.1) is 0 Å². The molecule has 3 rings (SSSR count). The Morgan fingerprint density at radius 3 is 2.71 bits per heavy atom. The van der Waals surface area contributed by atoms with E-state index in [1.165, 1.54) is 13.2 Å². The molecular formula is C20H18O4. The molecular weight excluding hydrogens is 304 g/mol. The molecule has 0 atom stereocenters. The number of esters is 1. The lowest BCUT2D eigenvalue weighted by Crippen LogP contribution is -2.03. The Balaban J connectivity index is 2.42. The largest absolute Gasteiger partial charge is 0.466 e. The van der Waals surface area contributed by atoms with E-state index in [9.17, 15) is 9.59 Å². The van der Waals surface area contributed by atoms with Crippen molar-refractivity contribution in [3.05, 3.63) is 64.0 Å². The molecule has 0 aliphatic carbocycles. The van der Waals surface area contributed by atoms with Crippen LogP contribution in [0, 0.1) is 0 Å². The molecule has 24 heavy (non-hydrogen) atoms. The summed E-state index contributed by atoms with van der Waals surface area (Å²) in [6, 6.07) is 11.2. The van der Waals surface area contributed by atoms with Gasteiger partial charge in [0.15, 0.2) is 0 Å². The Hall–Kier alpha value is -2.88. The third kappa shape index (κ3) is 2.83. The highest BCUT2D eigenvalue weighted by molar-refractivity contribution is 6.09. The van der Waals surface area contributed by atoms with Gasteiger partial charge in [0, 0.05) is 16.8 Å². The topological polar surface area (TPSA) is 56.5 Å². The van der Waals surface area contributed by atoms with Gasteiger partial charge in [0.1, 0.15) is 5.58 Å². The van der Waals surface area contributed by atoms with E-state index >= 15 is 0 Å². The SMILES string of the molecule is CCCc1ccc2c(=O)oc3ccccc3c2c1/C=C\C(=O)OC. The molecule has 0 aliphatic rings. The van der Waals surface area contributed by atoms with E-state index in [4.69, 9.17) is 4.42 Å². The van der Waals surface area contributed by atoms with Gasteiger partial charge in [-0.1, -0.05) is 37.6 Å². The highest BCUT2D eigenvalue weighted by Crippen LogP contribution is 2.30. The maximum Gasteiger partial charge on any atom is 0.344 e. The molecule has 1 aromatic heterocycles. The van der Waals surface area contributed by atoms with E-state index in [-0.39, 0.29) is 5.63 Å². The lowest BCUT2D eigenvalue weighted by molar-refractivity contribution is -0.134. The lowest BCUT2D eigenvalue weighted by atomic mass is 9.94. The van der Waals surface area contributed by atoms with Gasteiger partial charge in [-0.2, -0.15) is 0 Å². The molecule has 0 unspecified atom stereocenters. The number of ether oxygens (including phenoxy) is 1. The van der Waals surface area contributed by atoms with Crippen molar-refractivity contribution in [1.82, 2.24) is 0 Å². The number of carbonyl (C=O) groups excluding carboxylic acids is 1. The van der Waals surface area contributed by atoms with Crippen LogP contribution >= 0.6 is 0 Å². The second kappa shape index (κ2) is 6.71. The lowest BCUT2D eigenvalue weighted by Gasteiger charge is -2.11. The molecule has 2 aromatic carbocycles. The van der Waals surface area contributed by atoms with Gasteiger partial charge in [-0.25, -0.2) is 9.59 Å². The first-order valence-corrected chi connectivity index (χ1v) is 7.89. The van der Waals surface area contributed by atoms with Crippen molar-refractivity contribution in [3.8, 4) is 0 Å². The van der Waals surface area contributed by atoms with Crippen molar-refractivity contribution in [3.63, 3.8) is 0 Å². The number of hydrogen-bond donors (Lipinski definition) is 0. The van der Waals surface area contributed by atoms with Gasteiger partial charge in [-0.05, 0) is 35.8 Å². The summed E-state index contributed by atoms with van der Waals surface area (Å²) in [5.41, 5.74) is 2.11. The van der Waals surface area contributed by atoms with Crippen LogP contribution in [-0.4, -0.2) is 13.1 Å². The Bertz CT molecular complexity index is 996. The van der Waals surface area contributed by atoms with Crippen LogP contribution in [0.25, 0.3) is 27.8 Å². The molecule has 1 heterocycles. The second-order valence-corrected chi connectivity index (χ2v) is 5.55. The summed E-state index contributed by atoms with van der Waals surface area (Å²) in [5, 5.41) is 2.18. The number of hydrogen-bond acceptors (Lipinski definition) is 4. The molecule has 0 bridgehead atoms. The van der Waals surface area contributed by atoms with Crippen LogP contribution in [0.2, 0.25) is 0 Å². The predicted molar refractivity (Wildman–Crippen MR) is 95.0 cm³/mol. The number of benzene rings is 2. The summed E-state index contributed by atoms with van der Waals surface area (Å²) in [7, 11) is 1.34. The van der Waals surface area contributed by atoms with Gasteiger partial charge >= 0.3 is 11.6 Å². The summed E-state index contributed by atoms with van der Waals surface area (Å²) in [5.74, 6) is -0.429. The first-order valence-electron chi connectivity index (χ1n) is 7.89. The van der Waals surface area contributed by atoms with Crippen LogP contribution in [0.3, 0.4) is 0 Å². The fourth-order valence-corrected chi connectivity index (χ4v) is 2.94. The van der Waals surface area contributed by atoms with Crippen molar-refractivity contribution in [2.75, 3.05) is 7.11 Å². The highest BCUT2D eigenvalue weighted by atomic mass is 16.5. The Morgan fingerprint density at radius 2 is 1.96 bits per heavy atom. The Labute approximate surface area is 139 Å². The van der Waals surface area contributed by atoms with Crippen LogP contribution in [0.1, 0.15) is 24.5 Å². The molecule has 0 radical (unpaired) electrons. The van der Waals surface area contributed by atoms with E-state index < -0.39 is 5.97 Å². The summed E-state index contributed by atoms with van der Waals surface area (Å²) in [6.45, 7) is 2.09. The smallest absolute Gasteiger partial charge is 0.344 e. The van der Waals surface area contributed by atoms with Gasteiger partial charge in [-0.3, -0.25) is 0 Å². The van der Waals surface area contributed by atoms with Crippen LogP contribution in [0.5, 0.6) is 0 Å². The van der Waals surface area contributed by atoms with E-state index in [0.717, 1.165) is 34.7 Å². The zero-order chi connectivity index (χ0) is 17.1. The van der Waals surface area contributed by atoms with Gasteiger partial charge < -0.3 is 9.15 Å². The predicted octanol–water partition coefficient (Wildman–Crippen LogP) is 4.08. The average Bonchev–Trinajstić information content (AvgIpc) is 2.60. The van der Waals surface area contributed by atoms with E-state index in [0.29, 0.717) is 11.0 Å². The van der Waals surface area contributed by atoms with E-state index in [2.05, 4.69) is 11.7 Å². The van der Waals surface area contributed by atoms with Crippen LogP contribution in [0.15, 0.2) is 51.7 Å². The number of fused-ring (bicyclic) bond motifs is 3. The standard InChI is InChI=1S/C20H18O4/c1-3-6-13-9-10-16-19(14(13)11-12-18(21)23-2)15-7-4-5-8-17(15)24-20(16)22/h4-5,7-12H,3,6H2,1-2H3/b12-11-. The fourth-order valence-electron chi connectivity index (χ4n) is 2.94. The third-order valence-electron chi connectivity index (χ3n) is 4.02. The minimum absolute atomic E-state index is 0.375. The zero-order valence-electron chi connectivity index (χ0n) is 13.7. The minimum Gasteiger partial charge on any atom is -0.466 e. The summed E-state index contributed by atoms with van der Waals surface area (Å²) < 4.78 is 10.1. The maximum absolute atomic E-state index is 12.3. The summed E-state index contributed by atoms with van der Waals surface area (Å²) >= 11 is 0. The van der Waals surface area contributed by atoms with E-state index in [1.54, 1.807) is 18.2 Å². The number of carbonyl (C=O) groups is 1. The van der Waals surface area contributed by atoms with Crippen molar-refractivity contribution < 1.29 is 13.9 Å². The maximum atomic E-state index is 12.3. The number of rotatable bonds is 4. The monoisotopic (exact) mass is 322 g/mol. The normalized spacial score (nSPS) is 11.4. The number of para-hydroxylation sites is 1. The van der Waals surface area contributed by atoms with Crippen molar-refractivity contribution in [2.45, 2.75) is 19.8 Å². The van der Waals surface area contributed by atoms with Crippen molar-refractivity contribution in [1.29, 1.82) is 0 Å². The molecule has 122 valence electrons. The van der Waals surface area contributed by atoms with Gasteiger partial charge in [0.05, 0.1) is 12.5 Å². The minimum atomic E-state index is -0.429. The molecule has 0 fully saturated rings. The zero-order valence-corrected chi connectivity index (χ0v) is 13.7. The van der Waals surface area contributed by atoms with Gasteiger partial charge in [0.2, 0.25) is 0 Å². The van der Waals surface area contributed by atoms with Crippen LogP contribution in [-0.2, 0) is 16.0 Å². The third-order valence-corrected chi connectivity index (χ3v) is 4.02. The molecule has 0 saturated carbocycles. The molecule has 0 N–H and O–H groups in total. The number of methoxy groups -OCH3 is 1. The number of aryl methyl sites for hydroxylation is 1. The molecule has 0 spiro atoms. The van der Waals surface area contributed by atoms with E-state index in [1.807, 2.05) is 24.3 Å². The molecule has 4 nitrogen and oxygen atoms in total. The van der Waals surface area contributed by atoms with Crippen LogP contribution in [0.4, 0.5) is 0 Å². The highest BCUT2D eigenvalue weighted by Gasteiger charge is 2.13. The first-order chi connectivity index (χ1) is 11.7. The van der Waals surface area contributed by atoms with Crippen LogP contribution < -0.4 is 5.63 Å². The summed E-state index contributed by atoms with van der Waals surface area (Å²) in [6.07, 6.45) is 4.93. The molecule has 0 aliphatic heterocycles. The second-order valence-electron chi connectivity index (χ2n) is 5.55. The summed E-state index contributed by atoms with van der Waals surface area (Å²) in [4.78, 5) is 23.9. The van der Waals surface area contributed by atoms with Crippen molar-refractivity contribution >= 4 is 33.8 Å². The van der Waals surface area contributed by atoms with Crippen molar-refractivity contribution in [2.24, 2.45) is 0 Å². The molecule has 0 amide bonds. The molecule has 4 heteroatoms. The average molecular weight is 322 g/mol.